The maximum absolute atomic E-state index is 12.2. The van der Waals surface area contributed by atoms with Crippen LogP contribution in [0.2, 0.25) is 0 Å². The fourth-order valence-electron chi connectivity index (χ4n) is 2.61. The van der Waals surface area contributed by atoms with Gasteiger partial charge in [-0.3, -0.25) is 4.79 Å². The van der Waals surface area contributed by atoms with Gasteiger partial charge >= 0.3 is 5.97 Å². The van der Waals surface area contributed by atoms with E-state index in [4.69, 9.17) is 14.2 Å². The number of hydrogen-bond donors (Lipinski definition) is 1. The Labute approximate surface area is 177 Å². The van der Waals surface area contributed by atoms with Gasteiger partial charge in [-0.2, -0.15) is 0 Å². The average Bonchev–Trinajstić information content (AvgIpc) is 2.75. The lowest BCUT2D eigenvalue weighted by Crippen LogP contribution is -2.09. The van der Waals surface area contributed by atoms with Gasteiger partial charge in [0.05, 0.1) is 25.4 Å². The van der Waals surface area contributed by atoms with Crippen molar-refractivity contribution >= 4 is 23.6 Å². The van der Waals surface area contributed by atoms with Crippen molar-refractivity contribution in [2.75, 3.05) is 25.1 Å². The van der Waals surface area contributed by atoms with Gasteiger partial charge in [0.15, 0.2) is 11.5 Å². The van der Waals surface area contributed by atoms with Gasteiger partial charge in [0.25, 0.3) is 0 Å². The Kier molecular flexibility index (Phi) is 9.45. The van der Waals surface area contributed by atoms with Crippen LogP contribution in [-0.2, 0) is 9.53 Å². The molecule has 0 atom stereocenters. The normalized spacial score (nSPS) is 10.6. The van der Waals surface area contributed by atoms with E-state index in [1.54, 1.807) is 30.3 Å². The molecule has 0 unspecified atom stereocenters. The molecule has 2 aromatic carbocycles. The van der Waals surface area contributed by atoms with Crippen LogP contribution in [-0.4, -0.2) is 31.7 Å². The van der Waals surface area contributed by atoms with Crippen molar-refractivity contribution in [3.05, 3.63) is 59.7 Å². The Morgan fingerprint density at radius 2 is 1.63 bits per heavy atom. The molecule has 6 heteroatoms. The molecule has 1 N–H and O–H groups in total. The number of unbranched alkanes of at least 4 members (excludes halogenated alkanes) is 1. The van der Waals surface area contributed by atoms with Crippen LogP contribution in [0.15, 0.2) is 48.5 Å². The number of carbonyl (C=O) groups excluding carboxylic acids is 2. The van der Waals surface area contributed by atoms with Gasteiger partial charge in [0, 0.05) is 11.8 Å². The van der Waals surface area contributed by atoms with Gasteiger partial charge in [-0.05, 0) is 68.3 Å². The summed E-state index contributed by atoms with van der Waals surface area (Å²) in [6, 6.07) is 12.1. The Balaban J connectivity index is 1.95. The third-order valence-corrected chi connectivity index (χ3v) is 4.11. The van der Waals surface area contributed by atoms with E-state index in [1.165, 1.54) is 6.08 Å². The lowest BCUT2D eigenvalue weighted by molar-refractivity contribution is -0.111. The highest BCUT2D eigenvalue weighted by atomic mass is 16.5. The SMILES string of the molecule is CCCCOC(=O)c1ccc(NC(=O)/C=C/c2ccc(OCC)c(OCC)c2)cc1. The van der Waals surface area contributed by atoms with Crippen LogP contribution in [0.1, 0.15) is 49.5 Å². The predicted octanol–water partition coefficient (Wildman–Crippen LogP) is 5.09. The number of carbonyl (C=O) groups is 2. The van der Waals surface area contributed by atoms with Crippen LogP contribution in [0.4, 0.5) is 5.69 Å². The van der Waals surface area contributed by atoms with Crippen LogP contribution < -0.4 is 14.8 Å². The third kappa shape index (κ3) is 7.28. The molecule has 0 aromatic heterocycles. The quantitative estimate of drug-likeness (QED) is 0.317. The van der Waals surface area contributed by atoms with E-state index in [-0.39, 0.29) is 11.9 Å². The van der Waals surface area contributed by atoms with Crippen molar-refractivity contribution in [3.8, 4) is 11.5 Å². The summed E-state index contributed by atoms with van der Waals surface area (Å²) in [5.41, 5.74) is 1.87. The number of esters is 1. The summed E-state index contributed by atoms with van der Waals surface area (Å²) in [4.78, 5) is 24.1. The standard InChI is InChI=1S/C24H29NO5/c1-4-7-16-30-24(27)19-10-12-20(13-11-19)25-23(26)15-9-18-8-14-21(28-5-2)22(17-18)29-6-3/h8-15,17H,4-7,16H2,1-3H3,(H,25,26)/b15-9+. The Morgan fingerprint density at radius 3 is 2.30 bits per heavy atom. The highest BCUT2D eigenvalue weighted by Gasteiger charge is 2.08. The third-order valence-electron chi connectivity index (χ3n) is 4.11. The van der Waals surface area contributed by atoms with Crippen molar-refractivity contribution in [3.63, 3.8) is 0 Å². The smallest absolute Gasteiger partial charge is 0.338 e. The Morgan fingerprint density at radius 1 is 0.933 bits per heavy atom. The number of nitrogens with one attached hydrogen (secondary N) is 1. The summed E-state index contributed by atoms with van der Waals surface area (Å²) in [6.45, 7) is 7.34. The molecule has 30 heavy (non-hydrogen) atoms. The summed E-state index contributed by atoms with van der Waals surface area (Å²) in [5.74, 6) is 0.680. The van der Waals surface area contributed by atoms with E-state index in [0.29, 0.717) is 42.6 Å². The van der Waals surface area contributed by atoms with Crippen molar-refractivity contribution < 1.29 is 23.8 Å². The van der Waals surface area contributed by atoms with Gasteiger partial charge in [-0.15, -0.1) is 0 Å². The van der Waals surface area contributed by atoms with E-state index in [0.717, 1.165) is 18.4 Å². The first-order valence-electron chi connectivity index (χ1n) is 10.2. The van der Waals surface area contributed by atoms with Gasteiger partial charge in [-0.1, -0.05) is 19.4 Å². The molecule has 0 aliphatic heterocycles. The van der Waals surface area contributed by atoms with Crippen molar-refractivity contribution in [1.82, 2.24) is 0 Å². The Hall–Kier alpha value is -3.28. The summed E-state index contributed by atoms with van der Waals surface area (Å²) >= 11 is 0. The zero-order valence-corrected chi connectivity index (χ0v) is 17.8. The highest BCUT2D eigenvalue weighted by molar-refractivity contribution is 6.02. The summed E-state index contributed by atoms with van der Waals surface area (Å²) < 4.78 is 16.3. The molecular formula is C24H29NO5. The first-order chi connectivity index (χ1) is 14.6. The van der Waals surface area contributed by atoms with Crippen molar-refractivity contribution in [2.45, 2.75) is 33.6 Å². The second-order valence-corrected chi connectivity index (χ2v) is 6.46. The van der Waals surface area contributed by atoms with Crippen LogP contribution in [0.25, 0.3) is 6.08 Å². The van der Waals surface area contributed by atoms with Crippen molar-refractivity contribution in [2.24, 2.45) is 0 Å². The second kappa shape index (κ2) is 12.3. The lowest BCUT2D eigenvalue weighted by atomic mass is 10.2. The van der Waals surface area contributed by atoms with E-state index < -0.39 is 0 Å². The van der Waals surface area contributed by atoms with Gasteiger partial charge in [0.1, 0.15) is 0 Å². The molecule has 0 radical (unpaired) electrons. The van der Waals surface area contributed by atoms with Gasteiger partial charge in [0.2, 0.25) is 5.91 Å². The molecule has 1 amide bonds. The van der Waals surface area contributed by atoms with Crippen LogP contribution >= 0.6 is 0 Å². The largest absolute Gasteiger partial charge is 0.490 e. The van der Waals surface area contributed by atoms with Crippen LogP contribution in [0.5, 0.6) is 11.5 Å². The van der Waals surface area contributed by atoms with Gasteiger partial charge in [-0.25, -0.2) is 4.79 Å². The zero-order valence-electron chi connectivity index (χ0n) is 17.8. The number of ether oxygens (including phenoxy) is 3. The van der Waals surface area contributed by atoms with E-state index in [1.807, 2.05) is 39.0 Å². The molecule has 0 aliphatic rings. The zero-order chi connectivity index (χ0) is 21.8. The molecule has 0 spiro atoms. The minimum Gasteiger partial charge on any atom is -0.490 e. The van der Waals surface area contributed by atoms with Gasteiger partial charge < -0.3 is 19.5 Å². The molecule has 160 valence electrons. The fourth-order valence-corrected chi connectivity index (χ4v) is 2.61. The molecule has 0 aliphatic carbocycles. The predicted molar refractivity (Wildman–Crippen MR) is 118 cm³/mol. The fraction of sp³-hybridized carbons (Fsp3) is 0.333. The minimum absolute atomic E-state index is 0.278. The average molecular weight is 411 g/mol. The van der Waals surface area contributed by atoms with E-state index >= 15 is 0 Å². The molecule has 6 nitrogen and oxygen atoms in total. The number of benzene rings is 2. The lowest BCUT2D eigenvalue weighted by Gasteiger charge is -2.11. The molecule has 0 saturated heterocycles. The molecule has 2 aromatic rings. The first kappa shape index (κ1) is 23.0. The Bertz CT molecular complexity index is 858. The maximum atomic E-state index is 12.2. The molecule has 2 rings (SSSR count). The summed E-state index contributed by atoms with van der Waals surface area (Å²) in [7, 11) is 0. The monoisotopic (exact) mass is 411 g/mol. The number of rotatable bonds is 11. The van der Waals surface area contributed by atoms with Crippen molar-refractivity contribution in [1.29, 1.82) is 0 Å². The van der Waals surface area contributed by atoms with E-state index in [9.17, 15) is 9.59 Å². The molecule has 0 fully saturated rings. The minimum atomic E-state index is -0.359. The second-order valence-electron chi connectivity index (χ2n) is 6.46. The first-order valence-corrected chi connectivity index (χ1v) is 10.2. The highest BCUT2D eigenvalue weighted by Crippen LogP contribution is 2.29. The summed E-state index contributed by atoms with van der Waals surface area (Å²) in [5, 5.41) is 2.77. The molecule has 0 heterocycles. The number of amides is 1. The van der Waals surface area contributed by atoms with Crippen LogP contribution in [0, 0.1) is 0 Å². The molecular weight excluding hydrogens is 382 g/mol. The summed E-state index contributed by atoms with van der Waals surface area (Å²) in [6.07, 6.45) is 4.95. The maximum Gasteiger partial charge on any atom is 0.338 e. The number of hydrogen-bond acceptors (Lipinski definition) is 5. The molecule has 0 bridgehead atoms. The topological polar surface area (TPSA) is 73.9 Å². The van der Waals surface area contributed by atoms with Crippen LogP contribution in [0.3, 0.4) is 0 Å². The number of anilines is 1. The van der Waals surface area contributed by atoms with E-state index in [2.05, 4.69) is 5.32 Å². The molecule has 0 saturated carbocycles.